The van der Waals surface area contributed by atoms with Crippen molar-refractivity contribution < 1.29 is 14.4 Å². The minimum atomic E-state index is -0.559. The van der Waals surface area contributed by atoms with Gasteiger partial charge in [0, 0.05) is 18.2 Å². The highest BCUT2D eigenvalue weighted by molar-refractivity contribution is 8.00. The van der Waals surface area contributed by atoms with E-state index < -0.39 is 5.91 Å². The van der Waals surface area contributed by atoms with Crippen LogP contribution in [0.1, 0.15) is 40.5 Å². The molecule has 1 aromatic heterocycles. The van der Waals surface area contributed by atoms with Gasteiger partial charge in [0.2, 0.25) is 11.8 Å². The van der Waals surface area contributed by atoms with Gasteiger partial charge in [-0.15, -0.1) is 0 Å². The predicted octanol–water partition coefficient (Wildman–Crippen LogP) is 2.96. The molecule has 29 heavy (non-hydrogen) atoms. The number of para-hydroxylation sites is 2. The standard InChI is InChI=1S/C21H24N4O3S/c1-11-9-17(26)24-15-7-5-6-8-16(15)25(11)18(27)10-29-21-19(20(22)28)13(3)12(2)14(4)23-21/h5-8,11H,9-10H2,1-4H3,(H2,22,28)(H,24,26). The van der Waals surface area contributed by atoms with E-state index >= 15 is 0 Å². The first kappa shape index (κ1) is 20.9. The zero-order valence-electron chi connectivity index (χ0n) is 16.9. The van der Waals surface area contributed by atoms with Crippen LogP contribution in [0.3, 0.4) is 0 Å². The molecule has 1 unspecified atom stereocenters. The molecule has 152 valence electrons. The van der Waals surface area contributed by atoms with Crippen LogP contribution < -0.4 is 16.0 Å². The maximum absolute atomic E-state index is 13.1. The molecule has 3 amide bonds. The smallest absolute Gasteiger partial charge is 0.251 e. The van der Waals surface area contributed by atoms with Crippen LogP contribution in [-0.4, -0.2) is 34.5 Å². The van der Waals surface area contributed by atoms with Crippen LogP contribution in [0.4, 0.5) is 11.4 Å². The van der Waals surface area contributed by atoms with Crippen molar-refractivity contribution >= 4 is 40.9 Å². The van der Waals surface area contributed by atoms with Crippen molar-refractivity contribution in [1.82, 2.24) is 4.98 Å². The minimum absolute atomic E-state index is 0.0715. The number of pyridine rings is 1. The summed E-state index contributed by atoms with van der Waals surface area (Å²) >= 11 is 1.19. The first-order valence-corrected chi connectivity index (χ1v) is 10.3. The quantitative estimate of drug-likeness (QED) is 0.751. The third kappa shape index (κ3) is 4.12. The monoisotopic (exact) mass is 412 g/mol. The van der Waals surface area contributed by atoms with Gasteiger partial charge in [-0.05, 0) is 51.0 Å². The van der Waals surface area contributed by atoms with Crippen LogP contribution in [0.5, 0.6) is 0 Å². The zero-order chi connectivity index (χ0) is 21.3. The van der Waals surface area contributed by atoms with Gasteiger partial charge in [-0.3, -0.25) is 14.4 Å². The Morgan fingerprint density at radius 1 is 1.24 bits per heavy atom. The number of amides is 3. The van der Waals surface area contributed by atoms with Crippen LogP contribution in [0.25, 0.3) is 0 Å². The average molecular weight is 413 g/mol. The van der Waals surface area contributed by atoms with Gasteiger partial charge >= 0.3 is 0 Å². The van der Waals surface area contributed by atoms with E-state index in [9.17, 15) is 14.4 Å². The number of anilines is 2. The Morgan fingerprint density at radius 2 is 1.93 bits per heavy atom. The molecule has 1 aliphatic rings. The van der Waals surface area contributed by atoms with E-state index in [4.69, 9.17) is 5.73 Å². The van der Waals surface area contributed by atoms with Gasteiger partial charge in [0.05, 0.1) is 22.7 Å². The lowest BCUT2D eigenvalue weighted by Crippen LogP contribution is -2.40. The van der Waals surface area contributed by atoms with Gasteiger partial charge in [0.15, 0.2) is 0 Å². The summed E-state index contributed by atoms with van der Waals surface area (Å²) in [5, 5.41) is 3.30. The highest BCUT2D eigenvalue weighted by Crippen LogP contribution is 2.33. The van der Waals surface area contributed by atoms with Crippen molar-refractivity contribution in [3.63, 3.8) is 0 Å². The molecule has 0 saturated heterocycles. The molecular weight excluding hydrogens is 388 g/mol. The molecule has 0 radical (unpaired) electrons. The highest BCUT2D eigenvalue weighted by Gasteiger charge is 2.30. The number of hydrogen-bond acceptors (Lipinski definition) is 5. The maximum atomic E-state index is 13.1. The predicted molar refractivity (Wildman–Crippen MR) is 114 cm³/mol. The number of nitrogens with zero attached hydrogens (tertiary/aromatic N) is 2. The summed E-state index contributed by atoms with van der Waals surface area (Å²) in [5.41, 5.74) is 9.69. The summed E-state index contributed by atoms with van der Waals surface area (Å²) in [6, 6.07) is 6.94. The third-order valence-electron chi connectivity index (χ3n) is 5.17. The van der Waals surface area contributed by atoms with Crippen LogP contribution in [0, 0.1) is 20.8 Å². The Kier molecular flexibility index (Phi) is 5.93. The Morgan fingerprint density at radius 3 is 2.62 bits per heavy atom. The molecule has 0 bridgehead atoms. The highest BCUT2D eigenvalue weighted by atomic mass is 32.2. The Hall–Kier alpha value is -2.87. The van der Waals surface area contributed by atoms with Crippen LogP contribution in [0.2, 0.25) is 0 Å². The first-order chi connectivity index (χ1) is 13.7. The fourth-order valence-electron chi connectivity index (χ4n) is 3.47. The Bertz CT molecular complexity index is 1010. The SMILES string of the molecule is Cc1nc(SCC(=O)N2c3ccccc3NC(=O)CC2C)c(C(N)=O)c(C)c1C. The Balaban J connectivity index is 1.90. The van der Waals surface area contributed by atoms with Gasteiger partial charge < -0.3 is 16.0 Å². The second kappa shape index (κ2) is 8.24. The number of carbonyl (C=O) groups is 3. The largest absolute Gasteiger partial charge is 0.366 e. The van der Waals surface area contributed by atoms with E-state index in [1.165, 1.54) is 11.8 Å². The van der Waals surface area contributed by atoms with Gasteiger partial charge in [0.25, 0.3) is 5.91 Å². The molecule has 3 N–H and O–H groups in total. The number of primary amides is 1. The van der Waals surface area contributed by atoms with E-state index in [0.29, 0.717) is 22.0 Å². The summed E-state index contributed by atoms with van der Waals surface area (Å²) in [6.07, 6.45) is 0.207. The van der Waals surface area contributed by atoms with Crippen molar-refractivity contribution in [1.29, 1.82) is 0 Å². The fraction of sp³-hybridized carbons (Fsp3) is 0.333. The molecule has 0 fully saturated rings. The molecular formula is C21H24N4O3S. The molecule has 8 heteroatoms. The van der Waals surface area contributed by atoms with Gasteiger partial charge in [-0.25, -0.2) is 4.98 Å². The topological polar surface area (TPSA) is 105 Å². The molecule has 7 nitrogen and oxygen atoms in total. The molecule has 2 aromatic rings. The lowest BCUT2D eigenvalue weighted by atomic mass is 10.0. The average Bonchev–Trinajstić information content (AvgIpc) is 2.78. The van der Waals surface area contributed by atoms with Crippen molar-refractivity contribution in [2.24, 2.45) is 5.73 Å². The Labute approximate surface area is 174 Å². The van der Waals surface area contributed by atoms with Crippen molar-refractivity contribution in [2.75, 3.05) is 16.0 Å². The molecule has 0 aliphatic carbocycles. The molecule has 0 spiro atoms. The number of hydrogen-bond donors (Lipinski definition) is 2. The number of fused-ring (bicyclic) bond motifs is 1. The summed E-state index contributed by atoms with van der Waals surface area (Å²) in [5.74, 6) is -0.784. The van der Waals surface area contributed by atoms with E-state index in [2.05, 4.69) is 10.3 Å². The molecule has 2 heterocycles. The van der Waals surface area contributed by atoms with Gasteiger partial charge in [0.1, 0.15) is 5.03 Å². The summed E-state index contributed by atoms with van der Waals surface area (Å²) < 4.78 is 0. The molecule has 0 saturated carbocycles. The normalized spacial score (nSPS) is 16.1. The van der Waals surface area contributed by atoms with Crippen molar-refractivity contribution in [2.45, 2.75) is 45.2 Å². The van der Waals surface area contributed by atoms with Gasteiger partial charge in [-0.1, -0.05) is 23.9 Å². The molecule has 1 aromatic carbocycles. The zero-order valence-corrected chi connectivity index (χ0v) is 17.7. The number of nitrogens with two attached hydrogens (primary N) is 1. The number of aryl methyl sites for hydroxylation is 1. The lowest BCUT2D eigenvalue weighted by molar-refractivity contribution is -0.117. The maximum Gasteiger partial charge on any atom is 0.251 e. The summed E-state index contributed by atoms with van der Waals surface area (Å²) in [6.45, 7) is 7.44. The number of benzene rings is 1. The number of aromatic nitrogens is 1. The molecule has 1 atom stereocenters. The van der Waals surface area contributed by atoms with E-state index in [1.807, 2.05) is 45.9 Å². The molecule has 1 aliphatic heterocycles. The number of rotatable bonds is 4. The van der Waals surface area contributed by atoms with Crippen LogP contribution in [0.15, 0.2) is 29.3 Å². The molecule has 3 rings (SSSR count). The van der Waals surface area contributed by atoms with Gasteiger partial charge in [-0.2, -0.15) is 0 Å². The van der Waals surface area contributed by atoms with E-state index in [-0.39, 0.29) is 30.0 Å². The van der Waals surface area contributed by atoms with Crippen LogP contribution in [-0.2, 0) is 9.59 Å². The van der Waals surface area contributed by atoms with Crippen LogP contribution >= 0.6 is 11.8 Å². The fourth-order valence-corrected chi connectivity index (χ4v) is 4.47. The minimum Gasteiger partial charge on any atom is -0.366 e. The number of nitrogens with one attached hydrogen (secondary N) is 1. The number of carbonyl (C=O) groups excluding carboxylic acids is 3. The van der Waals surface area contributed by atoms with Crippen molar-refractivity contribution in [3.8, 4) is 0 Å². The summed E-state index contributed by atoms with van der Waals surface area (Å²) in [7, 11) is 0. The number of thioether (sulfide) groups is 1. The second-order valence-corrected chi connectivity index (χ2v) is 8.13. The van der Waals surface area contributed by atoms with Crippen molar-refractivity contribution in [3.05, 3.63) is 46.6 Å². The second-order valence-electron chi connectivity index (χ2n) is 7.16. The summed E-state index contributed by atoms with van der Waals surface area (Å²) in [4.78, 5) is 43.4. The van der Waals surface area contributed by atoms with E-state index in [0.717, 1.165) is 16.8 Å². The third-order valence-corrected chi connectivity index (χ3v) is 6.13. The first-order valence-electron chi connectivity index (χ1n) is 9.32. The lowest BCUT2D eigenvalue weighted by Gasteiger charge is -2.27. The van der Waals surface area contributed by atoms with E-state index in [1.54, 1.807) is 11.0 Å².